The Bertz CT molecular complexity index is 852. The van der Waals surface area contributed by atoms with Crippen molar-refractivity contribution in [3.8, 4) is 5.75 Å². The molecule has 1 atom stereocenters. The van der Waals surface area contributed by atoms with E-state index in [0.717, 1.165) is 13.0 Å². The molecule has 7 heteroatoms. The van der Waals surface area contributed by atoms with Crippen LogP contribution in [0.1, 0.15) is 23.7 Å². The molecule has 0 aliphatic carbocycles. The molecule has 2 aromatic rings. The van der Waals surface area contributed by atoms with Gasteiger partial charge in [-0.25, -0.2) is 4.39 Å². The molecule has 2 amide bonds. The van der Waals surface area contributed by atoms with Gasteiger partial charge in [0.05, 0.1) is 17.9 Å². The first kappa shape index (κ1) is 20.8. The lowest BCUT2D eigenvalue weighted by Gasteiger charge is -2.24. The summed E-state index contributed by atoms with van der Waals surface area (Å²) in [5.74, 6) is -0.524. The second kappa shape index (κ2) is 10.0. The second-order valence-corrected chi connectivity index (χ2v) is 6.89. The number of anilines is 1. The summed E-state index contributed by atoms with van der Waals surface area (Å²) in [6.07, 6.45) is 0.943. The van der Waals surface area contributed by atoms with E-state index in [2.05, 4.69) is 5.32 Å². The standard InChI is InChI=1S/C22H25FN2O4/c1-2-25(13-16-11-12-28-14-16)22(27)17-7-3-6-10-20(17)29-15-21(26)24-19-9-5-4-8-18(19)23/h3-10,16H,2,11-15H2,1H3,(H,24,26). The first-order chi connectivity index (χ1) is 14.1. The summed E-state index contributed by atoms with van der Waals surface area (Å²) >= 11 is 0. The number of para-hydroxylation sites is 2. The smallest absolute Gasteiger partial charge is 0.262 e. The van der Waals surface area contributed by atoms with E-state index in [9.17, 15) is 14.0 Å². The monoisotopic (exact) mass is 400 g/mol. The molecule has 1 aliphatic heterocycles. The van der Waals surface area contributed by atoms with Gasteiger partial charge in [0.25, 0.3) is 11.8 Å². The summed E-state index contributed by atoms with van der Waals surface area (Å²) in [6.45, 7) is 4.18. The van der Waals surface area contributed by atoms with Gasteiger partial charge in [0.1, 0.15) is 11.6 Å². The quantitative estimate of drug-likeness (QED) is 0.738. The third-order valence-electron chi connectivity index (χ3n) is 4.80. The fourth-order valence-corrected chi connectivity index (χ4v) is 3.23. The SMILES string of the molecule is CCN(CC1CCOC1)C(=O)c1ccccc1OCC(=O)Nc1ccccc1F. The highest BCUT2D eigenvalue weighted by Gasteiger charge is 2.24. The Kier molecular flexibility index (Phi) is 7.19. The molecule has 0 saturated carbocycles. The highest BCUT2D eigenvalue weighted by Crippen LogP contribution is 2.22. The van der Waals surface area contributed by atoms with Crippen LogP contribution in [0, 0.1) is 11.7 Å². The summed E-state index contributed by atoms with van der Waals surface area (Å²) in [5, 5.41) is 2.46. The number of nitrogens with one attached hydrogen (secondary N) is 1. The lowest BCUT2D eigenvalue weighted by atomic mass is 10.1. The van der Waals surface area contributed by atoms with Crippen LogP contribution < -0.4 is 10.1 Å². The van der Waals surface area contributed by atoms with E-state index in [0.29, 0.717) is 36.9 Å². The minimum atomic E-state index is -0.522. The molecule has 0 radical (unpaired) electrons. The van der Waals surface area contributed by atoms with E-state index < -0.39 is 11.7 Å². The first-order valence-corrected chi connectivity index (χ1v) is 9.71. The second-order valence-electron chi connectivity index (χ2n) is 6.89. The lowest BCUT2D eigenvalue weighted by molar-refractivity contribution is -0.118. The number of halogens is 1. The third kappa shape index (κ3) is 5.54. The van der Waals surface area contributed by atoms with E-state index in [1.54, 1.807) is 41.3 Å². The van der Waals surface area contributed by atoms with Crippen LogP contribution >= 0.6 is 0 Å². The largest absolute Gasteiger partial charge is 0.483 e. The molecule has 6 nitrogen and oxygen atoms in total. The number of carbonyl (C=O) groups excluding carboxylic acids is 2. The van der Waals surface area contributed by atoms with Crippen molar-refractivity contribution >= 4 is 17.5 Å². The molecule has 29 heavy (non-hydrogen) atoms. The van der Waals surface area contributed by atoms with E-state index in [1.165, 1.54) is 12.1 Å². The molecular formula is C22H25FN2O4. The van der Waals surface area contributed by atoms with Crippen LogP contribution in [0.3, 0.4) is 0 Å². The van der Waals surface area contributed by atoms with Crippen LogP contribution in [0.5, 0.6) is 5.75 Å². The zero-order valence-electron chi connectivity index (χ0n) is 16.4. The van der Waals surface area contributed by atoms with Crippen molar-refractivity contribution in [1.82, 2.24) is 4.90 Å². The molecule has 1 N–H and O–H groups in total. The number of hydrogen-bond donors (Lipinski definition) is 1. The predicted molar refractivity (Wildman–Crippen MR) is 107 cm³/mol. The Hall–Kier alpha value is -2.93. The van der Waals surface area contributed by atoms with Crippen LogP contribution in [0.4, 0.5) is 10.1 Å². The first-order valence-electron chi connectivity index (χ1n) is 9.71. The highest BCUT2D eigenvalue weighted by molar-refractivity contribution is 5.97. The van der Waals surface area contributed by atoms with Gasteiger partial charge in [0.15, 0.2) is 6.61 Å². The zero-order valence-corrected chi connectivity index (χ0v) is 16.4. The van der Waals surface area contributed by atoms with Crippen molar-refractivity contribution in [1.29, 1.82) is 0 Å². The number of hydrogen-bond acceptors (Lipinski definition) is 4. The van der Waals surface area contributed by atoms with Gasteiger partial charge in [-0.2, -0.15) is 0 Å². The van der Waals surface area contributed by atoms with E-state index in [-0.39, 0.29) is 18.2 Å². The van der Waals surface area contributed by atoms with Crippen molar-refractivity contribution in [2.75, 3.05) is 38.2 Å². The van der Waals surface area contributed by atoms with Gasteiger partial charge in [-0.15, -0.1) is 0 Å². The van der Waals surface area contributed by atoms with Crippen LogP contribution in [-0.2, 0) is 9.53 Å². The van der Waals surface area contributed by atoms with Gasteiger partial charge >= 0.3 is 0 Å². The van der Waals surface area contributed by atoms with Crippen molar-refractivity contribution in [3.63, 3.8) is 0 Å². The van der Waals surface area contributed by atoms with Crippen LogP contribution in [0.15, 0.2) is 48.5 Å². The third-order valence-corrected chi connectivity index (χ3v) is 4.80. The molecule has 154 valence electrons. The molecular weight excluding hydrogens is 375 g/mol. The Morgan fingerprint density at radius 2 is 1.97 bits per heavy atom. The summed E-state index contributed by atoms with van der Waals surface area (Å²) in [4.78, 5) is 26.9. The van der Waals surface area contributed by atoms with Gasteiger partial charge in [-0.05, 0) is 37.6 Å². The lowest BCUT2D eigenvalue weighted by Crippen LogP contribution is -2.35. The number of carbonyl (C=O) groups is 2. The van der Waals surface area contributed by atoms with Gasteiger partial charge < -0.3 is 19.7 Å². The van der Waals surface area contributed by atoms with Crippen molar-refractivity contribution in [2.24, 2.45) is 5.92 Å². The van der Waals surface area contributed by atoms with Gasteiger partial charge in [-0.1, -0.05) is 24.3 Å². The number of rotatable bonds is 8. The molecule has 1 unspecified atom stereocenters. The van der Waals surface area contributed by atoms with Crippen LogP contribution in [0.2, 0.25) is 0 Å². The molecule has 1 heterocycles. The molecule has 0 bridgehead atoms. The Labute approximate surface area is 169 Å². The average Bonchev–Trinajstić information content (AvgIpc) is 3.25. The maximum absolute atomic E-state index is 13.7. The number of ether oxygens (including phenoxy) is 2. The molecule has 1 saturated heterocycles. The molecule has 0 aromatic heterocycles. The molecule has 3 rings (SSSR count). The number of nitrogens with zero attached hydrogens (tertiary/aromatic N) is 1. The molecule has 2 aromatic carbocycles. The summed E-state index contributed by atoms with van der Waals surface area (Å²) < 4.78 is 24.7. The number of amides is 2. The van der Waals surface area contributed by atoms with Crippen molar-refractivity contribution < 1.29 is 23.5 Å². The molecule has 1 aliphatic rings. The minimum absolute atomic E-state index is 0.0846. The van der Waals surface area contributed by atoms with E-state index in [1.807, 2.05) is 6.92 Å². The fraction of sp³-hybridized carbons (Fsp3) is 0.364. The topological polar surface area (TPSA) is 67.9 Å². The normalized spacial score (nSPS) is 15.7. The van der Waals surface area contributed by atoms with Crippen LogP contribution in [-0.4, -0.2) is 49.6 Å². The van der Waals surface area contributed by atoms with Crippen LogP contribution in [0.25, 0.3) is 0 Å². The Morgan fingerprint density at radius 1 is 1.21 bits per heavy atom. The highest BCUT2D eigenvalue weighted by atomic mass is 19.1. The molecule has 0 spiro atoms. The van der Waals surface area contributed by atoms with Gasteiger partial charge in [0.2, 0.25) is 0 Å². The van der Waals surface area contributed by atoms with E-state index in [4.69, 9.17) is 9.47 Å². The Balaban J connectivity index is 1.64. The maximum atomic E-state index is 13.7. The average molecular weight is 400 g/mol. The summed E-state index contributed by atoms with van der Waals surface area (Å²) in [7, 11) is 0. The summed E-state index contributed by atoms with van der Waals surface area (Å²) in [5.41, 5.74) is 0.480. The van der Waals surface area contributed by atoms with E-state index >= 15 is 0 Å². The van der Waals surface area contributed by atoms with Gasteiger partial charge in [0, 0.05) is 25.6 Å². The molecule has 1 fully saturated rings. The predicted octanol–water partition coefficient (Wildman–Crippen LogP) is 3.34. The summed E-state index contributed by atoms with van der Waals surface area (Å²) in [6, 6.07) is 12.7. The number of benzene rings is 2. The maximum Gasteiger partial charge on any atom is 0.262 e. The Morgan fingerprint density at radius 3 is 2.69 bits per heavy atom. The minimum Gasteiger partial charge on any atom is -0.483 e. The fourth-order valence-electron chi connectivity index (χ4n) is 3.23. The van der Waals surface area contributed by atoms with Crippen molar-refractivity contribution in [3.05, 3.63) is 59.9 Å². The van der Waals surface area contributed by atoms with Gasteiger partial charge in [-0.3, -0.25) is 9.59 Å². The zero-order chi connectivity index (χ0) is 20.6. The van der Waals surface area contributed by atoms with Crippen molar-refractivity contribution in [2.45, 2.75) is 13.3 Å².